The number of urea groups is 1. The van der Waals surface area contributed by atoms with Crippen molar-refractivity contribution in [3.8, 4) is 0 Å². The average molecular weight is 349 g/mol. The van der Waals surface area contributed by atoms with Crippen molar-refractivity contribution in [1.82, 2.24) is 19.4 Å². The minimum Gasteiger partial charge on any atom is -0.366 e. The molecule has 128 valence electrons. The fourth-order valence-corrected chi connectivity index (χ4v) is 3.66. The van der Waals surface area contributed by atoms with Crippen LogP contribution >= 0.6 is 11.5 Å². The Morgan fingerprint density at radius 1 is 1.38 bits per heavy atom. The predicted molar refractivity (Wildman–Crippen MR) is 86.9 cm³/mol. The summed E-state index contributed by atoms with van der Waals surface area (Å²) in [6, 6.07) is 1.61. The van der Waals surface area contributed by atoms with Gasteiger partial charge in [0, 0.05) is 18.7 Å². The van der Waals surface area contributed by atoms with Crippen molar-refractivity contribution >= 4 is 22.6 Å². The maximum atomic E-state index is 12.3. The van der Waals surface area contributed by atoms with E-state index in [-0.39, 0.29) is 12.1 Å². The molecule has 0 aromatic carbocycles. The van der Waals surface area contributed by atoms with Crippen molar-refractivity contribution in [3.63, 3.8) is 0 Å². The van der Waals surface area contributed by atoms with E-state index in [9.17, 15) is 4.79 Å². The maximum Gasteiger partial charge on any atom is 0.322 e. The first-order valence-electron chi connectivity index (χ1n) is 8.21. The molecule has 2 aliphatic rings. The predicted octanol–water partition coefficient (Wildman–Crippen LogP) is 2.79. The molecule has 3 heterocycles. The van der Waals surface area contributed by atoms with Gasteiger partial charge in [-0.25, -0.2) is 4.79 Å². The van der Waals surface area contributed by atoms with Gasteiger partial charge in [0.05, 0.1) is 13.2 Å². The van der Waals surface area contributed by atoms with Crippen LogP contribution in [-0.4, -0.2) is 45.1 Å². The highest BCUT2D eigenvalue weighted by molar-refractivity contribution is 7.10. The molecule has 8 nitrogen and oxygen atoms in total. The molecule has 0 radical (unpaired) electrons. The van der Waals surface area contributed by atoms with Gasteiger partial charge in [0.25, 0.3) is 0 Å². The summed E-state index contributed by atoms with van der Waals surface area (Å²) < 4.78 is 15.1. The molecule has 2 fully saturated rings. The van der Waals surface area contributed by atoms with E-state index in [4.69, 9.17) is 9.26 Å². The van der Waals surface area contributed by atoms with E-state index in [1.807, 2.05) is 0 Å². The van der Waals surface area contributed by atoms with Gasteiger partial charge >= 0.3 is 6.03 Å². The molecule has 0 bridgehead atoms. The Balaban J connectivity index is 1.40. The molecule has 1 aliphatic carbocycles. The Labute approximate surface area is 143 Å². The summed E-state index contributed by atoms with van der Waals surface area (Å²) >= 11 is 1.25. The first-order valence-corrected chi connectivity index (χ1v) is 8.98. The zero-order chi connectivity index (χ0) is 16.4. The summed E-state index contributed by atoms with van der Waals surface area (Å²) in [6.07, 6.45) is 5.96. The van der Waals surface area contributed by atoms with Crippen LogP contribution in [0.5, 0.6) is 0 Å². The highest BCUT2D eigenvalue weighted by atomic mass is 32.1. The van der Waals surface area contributed by atoms with E-state index in [0.29, 0.717) is 37.3 Å². The number of ether oxygens (including phenoxy) is 1. The van der Waals surface area contributed by atoms with Crippen LogP contribution in [0.4, 0.5) is 9.80 Å². The van der Waals surface area contributed by atoms with Crippen LogP contribution < -0.4 is 5.32 Å². The Kier molecular flexibility index (Phi) is 4.44. The smallest absolute Gasteiger partial charge is 0.322 e. The van der Waals surface area contributed by atoms with Gasteiger partial charge in [0.2, 0.25) is 11.7 Å². The lowest BCUT2D eigenvalue weighted by molar-refractivity contribution is -0.0190. The van der Waals surface area contributed by atoms with Crippen LogP contribution in [0.15, 0.2) is 16.8 Å². The fourth-order valence-electron chi connectivity index (χ4n) is 3.17. The van der Waals surface area contributed by atoms with E-state index in [0.717, 1.165) is 17.8 Å². The van der Waals surface area contributed by atoms with Crippen molar-refractivity contribution in [2.45, 2.75) is 37.7 Å². The summed E-state index contributed by atoms with van der Waals surface area (Å²) in [5.41, 5.74) is 0. The molecular formula is C15H19N5O3S. The molecule has 1 saturated carbocycles. The second-order valence-corrected chi connectivity index (χ2v) is 6.92. The molecule has 1 saturated heterocycles. The number of carbonyl (C=O) groups excluding carboxylic acids is 1. The third-order valence-corrected chi connectivity index (χ3v) is 5.13. The van der Waals surface area contributed by atoms with Crippen LogP contribution in [0.2, 0.25) is 0 Å². The van der Waals surface area contributed by atoms with Crippen LogP contribution in [-0.2, 0) is 4.74 Å². The summed E-state index contributed by atoms with van der Waals surface area (Å²) in [5, 5.41) is 7.64. The van der Waals surface area contributed by atoms with Crippen LogP contribution in [0, 0.1) is 0 Å². The van der Waals surface area contributed by atoms with E-state index >= 15 is 0 Å². The number of aromatic nitrogens is 3. The van der Waals surface area contributed by atoms with Crippen molar-refractivity contribution in [1.29, 1.82) is 0 Å². The first kappa shape index (κ1) is 15.5. The molecule has 2 amide bonds. The van der Waals surface area contributed by atoms with Gasteiger partial charge < -0.3 is 14.2 Å². The molecule has 2 aromatic heterocycles. The zero-order valence-corrected chi connectivity index (χ0v) is 14.0. The summed E-state index contributed by atoms with van der Waals surface area (Å²) in [4.78, 5) is 18.6. The second-order valence-electron chi connectivity index (χ2n) is 6.08. The molecule has 0 spiro atoms. The number of nitrogens with zero attached hydrogens (tertiary/aromatic N) is 4. The van der Waals surface area contributed by atoms with Crippen molar-refractivity contribution in [2.24, 2.45) is 0 Å². The molecule has 1 atom stereocenters. The Hall–Kier alpha value is -2.00. The number of carbonyl (C=O) groups is 1. The van der Waals surface area contributed by atoms with Crippen LogP contribution in [0.25, 0.3) is 0 Å². The lowest BCUT2D eigenvalue weighted by Crippen LogP contribution is -2.44. The van der Waals surface area contributed by atoms with Gasteiger partial charge in [-0.3, -0.25) is 5.32 Å². The number of anilines is 1. The lowest BCUT2D eigenvalue weighted by Gasteiger charge is -2.31. The minimum absolute atomic E-state index is 0.160. The van der Waals surface area contributed by atoms with Crippen molar-refractivity contribution in [2.75, 3.05) is 25.0 Å². The normalized spacial score (nSPS) is 22.0. The molecule has 1 aliphatic heterocycles. The van der Waals surface area contributed by atoms with Crippen molar-refractivity contribution < 1.29 is 14.1 Å². The molecule has 2 aromatic rings. The van der Waals surface area contributed by atoms with Gasteiger partial charge in [-0.1, -0.05) is 18.0 Å². The topological polar surface area (TPSA) is 93.4 Å². The van der Waals surface area contributed by atoms with E-state index in [1.54, 1.807) is 17.2 Å². The van der Waals surface area contributed by atoms with E-state index < -0.39 is 0 Å². The summed E-state index contributed by atoms with van der Waals surface area (Å²) in [7, 11) is 0. The number of nitrogens with one attached hydrogen (secondary N) is 1. The van der Waals surface area contributed by atoms with Gasteiger partial charge in [-0.15, -0.1) is 0 Å². The average Bonchev–Trinajstić information content (AvgIpc) is 3.36. The van der Waals surface area contributed by atoms with Crippen LogP contribution in [0.1, 0.15) is 49.4 Å². The summed E-state index contributed by atoms with van der Waals surface area (Å²) in [6.45, 7) is 1.40. The number of hydrogen-bond donors (Lipinski definition) is 1. The molecule has 1 N–H and O–H groups in total. The second kappa shape index (κ2) is 6.86. The Bertz CT molecular complexity index is 683. The molecular weight excluding hydrogens is 330 g/mol. The summed E-state index contributed by atoms with van der Waals surface area (Å²) in [5.74, 6) is 1.62. The molecule has 1 unspecified atom stereocenters. The number of hydrogen-bond acceptors (Lipinski definition) is 7. The maximum absolute atomic E-state index is 12.3. The van der Waals surface area contributed by atoms with E-state index in [2.05, 4.69) is 19.8 Å². The third-order valence-electron chi connectivity index (χ3n) is 4.47. The Morgan fingerprint density at radius 2 is 2.25 bits per heavy atom. The highest BCUT2D eigenvalue weighted by Crippen LogP contribution is 2.33. The third kappa shape index (κ3) is 3.27. The van der Waals surface area contributed by atoms with Crippen LogP contribution in [0.3, 0.4) is 0 Å². The standard InChI is InChI=1S/C15H19N5O3S/c21-15(17-12-5-6-16-24-12)20-7-8-22-11(9-20)13-18-14(23-19-13)10-3-1-2-4-10/h5-6,10-11H,1-4,7-9H2,(H,17,21). The van der Waals surface area contributed by atoms with Gasteiger partial charge in [0.15, 0.2) is 0 Å². The van der Waals surface area contributed by atoms with Crippen molar-refractivity contribution in [3.05, 3.63) is 24.0 Å². The minimum atomic E-state index is -0.343. The number of morpholine rings is 1. The monoisotopic (exact) mass is 349 g/mol. The van der Waals surface area contributed by atoms with Gasteiger partial charge in [0.1, 0.15) is 11.1 Å². The van der Waals surface area contributed by atoms with E-state index in [1.165, 1.54) is 24.4 Å². The lowest BCUT2D eigenvalue weighted by atomic mass is 10.1. The van der Waals surface area contributed by atoms with Gasteiger partial charge in [-0.05, 0) is 30.4 Å². The zero-order valence-electron chi connectivity index (χ0n) is 13.2. The molecule has 9 heteroatoms. The Morgan fingerprint density at radius 3 is 3.04 bits per heavy atom. The molecule has 24 heavy (non-hydrogen) atoms. The highest BCUT2D eigenvalue weighted by Gasteiger charge is 2.31. The largest absolute Gasteiger partial charge is 0.366 e. The SMILES string of the molecule is O=C(Nc1ccns1)N1CCOC(c2noc(C3CCCC3)n2)C1. The van der Waals surface area contributed by atoms with Gasteiger partial charge in [-0.2, -0.15) is 9.36 Å². The quantitative estimate of drug-likeness (QED) is 0.916. The number of rotatable bonds is 3. The number of amides is 2. The fraction of sp³-hybridized carbons (Fsp3) is 0.600. The first-order chi connectivity index (χ1) is 11.8. The molecule has 4 rings (SSSR count).